The van der Waals surface area contributed by atoms with Crippen LogP contribution in [0.2, 0.25) is 0 Å². The number of halogens is 4. The minimum atomic E-state index is -5.08. The summed E-state index contributed by atoms with van der Waals surface area (Å²) in [5.41, 5.74) is 5.27. The molecule has 11 heteroatoms. The van der Waals surface area contributed by atoms with Crippen LogP contribution in [0.25, 0.3) is 0 Å². The number of nitrogens with one attached hydrogen (secondary N) is 1. The number of aliphatic carboxylic acids is 1. The van der Waals surface area contributed by atoms with Crippen LogP contribution in [0.15, 0.2) is 18.2 Å². The van der Waals surface area contributed by atoms with E-state index < -0.39 is 22.9 Å². The summed E-state index contributed by atoms with van der Waals surface area (Å²) in [7, 11) is 0. The van der Waals surface area contributed by atoms with E-state index in [9.17, 15) is 27.7 Å². The van der Waals surface area contributed by atoms with Gasteiger partial charge in [-0.3, -0.25) is 10.1 Å². The quantitative estimate of drug-likeness (QED) is 0.336. The molecule has 1 rings (SSSR count). The fourth-order valence-electron chi connectivity index (χ4n) is 1.29. The molecular formula is C12H13F4N3O4. The Morgan fingerprint density at radius 2 is 1.96 bits per heavy atom. The van der Waals surface area contributed by atoms with E-state index in [1.54, 1.807) is 6.92 Å². The summed E-state index contributed by atoms with van der Waals surface area (Å²) in [6.45, 7) is 1.71. The number of benzene rings is 1. The van der Waals surface area contributed by atoms with E-state index in [0.29, 0.717) is 0 Å². The lowest BCUT2D eigenvalue weighted by molar-refractivity contribution is -0.385. The molecule has 1 aromatic carbocycles. The molecule has 1 atom stereocenters. The minimum absolute atomic E-state index is 0.0439. The van der Waals surface area contributed by atoms with Crippen LogP contribution in [-0.2, 0) is 4.79 Å². The molecule has 0 aliphatic rings. The van der Waals surface area contributed by atoms with Gasteiger partial charge in [0.1, 0.15) is 5.82 Å². The normalized spacial score (nSPS) is 11.9. The van der Waals surface area contributed by atoms with Gasteiger partial charge in [-0.05, 0) is 13.0 Å². The molecule has 0 bridgehead atoms. The molecule has 0 spiro atoms. The monoisotopic (exact) mass is 339 g/mol. The highest BCUT2D eigenvalue weighted by atomic mass is 19.4. The second kappa shape index (κ2) is 8.17. The van der Waals surface area contributed by atoms with E-state index in [2.05, 4.69) is 0 Å². The van der Waals surface area contributed by atoms with Crippen LogP contribution >= 0.6 is 0 Å². The number of non-ortho nitro benzene ring substituents is 1. The van der Waals surface area contributed by atoms with Crippen LogP contribution in [0.4, 0.5) is 23.2 Å². The zero-order valence-corrected chi connectivity index (χ0v) is 11.7. The average Bonchev–Trinajstić information content (AvgIpc) is 2.36. The van der Waals surface area contributed by atoms with E-state index in [-0.39, 0.29) is 29.4 Å². The fraction of sp³-hybridized carbons (Fsp3) is 0.333. The standard InChI is InChI=1S/C10H12FN3O2.C2HF3O2/c1-6(12)4-10(13)8-3-2-7(14(15)16)5-9(8)11;3-2(4,5)1(6)7/h2-3,5-6,13H,4,12H2,1H3;(H,6,7)/t6-;/m1./s1. The third-order valence-corrected chi connectivity index (χ3v) is 2.26. The zero-order chi connectivity index (χ0) is 18.4. The molecule has 0 aliphatic carbocycles. The summed E-state index contributed by atoms with van der Waals surface area (Å²) in [4.78, 5) is 18.6. The highest BCUT2D eigenvalue weighted by molar-refractivity contribution is 5.98. The predicted molar refractivity (Wildman–Crippen MR) is 71.8 cm³/mol. The Labute approximate surface area is 127 Å². The number of carboxylic acids is 1. The van der Waals surface area contributed by atoms with Crippen LogP contribution in [-0.4, -0.2) is 33.9 Å². The lowest BCUT2D eigenvalue weighted by atomic mass is 10.0. The summed E-state index contributed by atoms with van der Waals surface area (Å²) < 4.78 is 45.2. The van der Waals surface area contributed by atoms with Crippen molar-refractivity contribution in [2.45, 2.75) is 25.6 Å². The van der Waals surface area contributed by atoms with E-state index >= 15 is 0 Å². The predicted octanol–water partition coefficient (Wildman–Crippen LogP) is 2.47. The lowest BCUT2D eigenvalue weighted by Crippen LogP contribution is -2.21. The van der Waals surface area contributed by atoms with Gasteiger partial charge in [0, 0.05) is 29.8 Å². The Morgan fingerprint density at radius 3 is 2.26 bits per heavy atom. The second-order valence-corrected chi connectivity index (χ2v) is 4.38. The van der Waals surface area contributed by atoms with E-state index in [4.69, 9.17) is 21.0 Å². The Hall–Kier alpha value is -2.56. The molecule has 0 saturated carbocycles. The van der Waals surface area contributed by atoms with E-state index in [0.717, 1.165) is 6.07 Å². The smallest absolute Gasteiger partial charge is 0.475 e. The summed E-state index contributed by atoms with van der Waals surface area (Å²) in [6.07, 6.45) is -4.85. The third kappa shape index (κ3) is 7.31. The lowest BCUT2D eigenvalue weighted by Gasteiger charge is -2.07. The minimum Gasteiger partial charge on any atom is -0.475 e. The van der Waals surface area contributed by atoms with Crippen LogP contribution < -0.4 is 5.73 Å². The van der Waals surface area contributed by atoms with Crippen molar-refractivity contribution in [2.75, 3.05) is 0 Å². The summed E-state index contributed by atoms with van der Waals surface area (Å²) in [6, 6.07) is 2.97. The Kier molecular flexibility index (Phi) is 7.26. The van der Waals surface area contributed by atoms with Crippen molar-refractivity contribution >= 4 is 17.4 Å². The molecule has 0 radical (unpaired) electrons. The number of hydrogen-bond acceptors (Lipinski definition) is 5. The van der Waals surface area contributed by atoms with Crippen molar-refractivity contribution in [2.24, 2.45) is 5.73 Å². The van der Waals surface area contributed by atoms with Crippen LogP contribution in [0, 0.1) is 21.3 Å². The number of nitro groups is 1. The molecule has 128 valence electrons. The highest BCUT2D eigenvalue weighted by Crippen LogP contribution is 2.18. The number of carboxylic acid groups (broad SMARTS) is 1. The number of carbonyl (C=O) groups is 1. The molecule has 4 N–H and O–H groups in total. The van der Waals surface area contributed by atoms with Gasteiger partial charge in [-0.15, -0.1) is 0 Å². The van der Waals surface area contributed by atoms with Crippen LogP contribution in [0.5, 0.6) is 0 Å². The van der Waals surface area contributed by atoms with E-state index in [1.807, 2.05) is 0 Å². The van der Waals surface area contributed by atoms with Crippen molar-refractivity contribution in [3.63, 3.8) is 0 Å². The fourth-order valence-corrected chi connectivity index (χ4v) is 1.29. The van der Waals surface area contributed by atoms with Gasteiger partial charge >= 0.3 is 12.1 Å². The first kappa shape index (κ1) is 20.4. The van der Waals surface area contributed by atoms with Crippen molar-refractivity contribution < 1.29 is 32.4 Å². The second-order valence-electron chi connectivity index (χ2n) is 4.38. The Morgan fingerprint density at radius 1 is 1.48 bits per heavy atom. The van der Waals surface area contributed by atoms with Gasteiger partial charge in [0.05, 0.1) is 11.0 Å². The molecule has 0 aliphatic heterocycles. The zero-order valence-electron chi connectivity index (χ0n) is 11.7. The number of hydrogen-bond donors (Lipinski definition) is 3. The topological polar surface area (TPSA) is 130 Å². The van der Waals surface area contributed by atoms with Gasteiger partial charge < -0.3 is 16.2 Å². The first-order valence-electron chi connectivity index (χ1n) is 5.93. The maximum atomic E-state index is 13.4. The van der Waals surface area contributed by atoms with Crippen LogP contribution in [0.1, 0.15) is 18.9 Å². The molecule has 0 fully saturated rings. The Bertz CT molecular complexity index is 602. The summed E-state index contributed by atoms with van der Waals surface area (Å²) >= 11 is 0. The maximum absolute atomic E-state index is 13.4. The van der Waals surface area contributed by atoms with Crippen LogP contribution in [0.3, 0.4) is 0 Å². The molecule has 0 unspecified atom stereocenters. The number of nitrogens with zero attached hydrogens (tertiary/aromatic N) is 1. The number of alkyl halides is 3. The molecule has 7 nitrogen and oxygen atoms in total. The van der Waals surface area contributed by atoms with Crippen molar-refractivity contribution in [1.82, 2.24) is 0 Å². The number of rotatable bonds is 4. The van der Waals surface area contributed by atoms with Crippen molar-refractivity contribution in [1.29, 1.82) is 5.41 Å². The maximum Gasteiger partial charge on any atom is 0.490 e. The average molecular weight is 339 g/mol. The SMILES string of the molecule is C[C@@H](N)CC(=N)c1ccc([N+](=O)[O-])cc1F.O=C(O)C(F)(F)F. The first-order valence-corrected chi connectivity index (χ1v) is 5.93. The Balaban J connectivity index is 0.000000585. The van der Waals surface area contributed by atoms with Crippen molar-refractivity contribution in [3.05, 3.63) is 39.7 Å². The van der Waals surface area contributed by atoms with Gasteiger partial charge in [-0.2, -0.15) is 13.2 Å². The molecule has 1 aromatic rings. The molecule has 0 heterocycles. The first-order chi connectivity index (χ1) is 10.4. The number of nitro benzene ring substituents is 1. The van der Waals surface area contributed by atoms with Gasteiger partial charge in [0.2, 0.25) is 0 Å². The largest absolute Gasteiger partial charge is 0.490 e. The molecule has 0 aromatic heterocycles. The molecule has 0 amide bonds. The van der Waals surface area contributed by atoms with Gasteiger partial charge in [-0.1, -0.05) is 0 Å². The van der Waals surface area contributed by atoms with Gasteiger partial charge in [0.15, 0.2) is 0 Å². The molecule has 23 heavy (non-hydrogen) atoms. The molecule has 0 saturated heterocycles. The van der Waals surface area contributed by atoms with Gasteiger partial charge in [0.25, 0.3) is 5.69 Å². The summed E-state index contributed by atoms with van der Waals surface area (Å²) in [5, 5.41) is 25.1. The molecular weight excluding hydrogens is 326 g/mol. The summed E-state index contributed by atoms with van der Waals surface area (Å²) in [5.74, 6) is -3.52. The highest BCUT2D eigenvalue weighted by Gasteiger charge is 2.38. The van der Waals surface area contributed by atoms with Gasteiger partial charge in [-0.25, -0.2) is 9.18 Å². The number of nitrogens with two attached hydrogens (primary N) is 1. The van der Waals surface area contributed by atoms with E-state index in [1.165, 1.54) is 12.1 Å². The third-order valence-electron chi connectivity index (χ3n) is 2.26. The van der Waals surface area contributed by atoms with Crippen molar-refractivity contribution in [3.8, 4) is 0 Å².